The average molecular weight is 245 g/mol. The molecule has 0 spiro atoms. The summed E-state index contributed by atoms with van der Waals surface area (Å²) in [4.78, 5) is 0. The molecule has 62 valence electrons. The third kappa shape index (κ3) is 18.9. The molecule has 0 saturated heterocycles. The average Bonchev–Trinajstić information content (AvgIpc) is 1.14. The summed E-state index contributed by atoms with van der Waals surface area (Å²) in [6.07, 6.45) is 0. The van der Waals surface area contributed by atoms with Gasteiger partial charge in [-0.2, -0.15) is 16.8 Å². The van der Waals surface area contributed by atoms with Gasteiger partial charge in [-0.3, -0.25) is 9.11 Å². The van der Waals surface area contributed by atoms with Crippen LogP contribution < -0.4 is 51.4 Å². The molecule has 0 saturated carbocycles. The van der Waals surface area contributed by atoms with Crippen LogP contribution >= 0.6 is 0 Å². The first-order valence-corrected chi connectivity index (χ1v) is 4.10. The van der Waals surface area contributed by atoms with Crippen LogP contribution in [0.2, 0.25) is 0 Å². The van der Waals surface area contributed by atoms with Crippen LogP contribution in [0, 0.1) is 0 Å². The van der Waals surface area contributed by atoms with E-state index < -0.39 is 20.8 Å². The van der Waals surface area contributed by atoms with Gasteiger partial charge in [-0.15, -0.1) is 3.63 Å². The second-order valence-corrected chi connectivity index (χ2v) is 3.18. The molecule has 0 heterocycles. The largest absolute Gasteiger partial charge is 2.00 e. The summed E-state index contributed by atoms with van der Waals surface area (Å²) < 4.78 is 55.6. The Morgan fingerprint density at radius 1 is 1.00 bits per heavy atom. The maximum atomic E-state index is 9.44. The van der Waals surface area contributed by atoms with Gasteiger partial charge < -0.3 is 4.28 Å². The van der Waals surface area contributed by atoms with Crippen molar-refractivity contribution in [2.45, 2.75) is 0 Å². The van der Waals surface area contributed by atoms with Gasteiger partial charge in [-0.25, -0.2) is 0 Å². The van der Waals surface area contributed by atoms with Gasteiger partial charge in [0, 0.05) is 0 Å². The van der Waals surface area contributed by atoms with Crippen molar-refractivity contribution in [2.75, 3.05) is 0 Å². The molecule has 0 aliphatic carbocycles. The van der Waals surface area contributed by atoms with Crippen molar-refractivity contribution < 1.29 is 85.2 Å². The van der Waals surface area contributed by atoms with E-state index in [1.807, 2.05) is 0 Å². The molecule has 0 aliphatic rings. The van der Waals surface area contributed by atoms with Crippen molar-refractivity contribution in [1.29, 1.82) is 0 Å². The fourth-order valence-electron chi connectivity index (χ4n) is 0.109. The predicted octanol–water partition coefficient (Wildman–Crippen LogP) is -4.43. The van der Waals surface area contributed by atoms with E-state index in [9.17, 15) is 16.8 Å². The molecule has 0 fully saturated rings. The summed E-state index contributed by atoms with van der Waals surface area (Å²) in [5.74, 6) is 0. The molecule has 11 heteroatoms. The molecule has 0 aromatic carbocycles. The normalized spacial score (nSPS) is 11.1. The molecular formula is H5KMgO7S2. The second kappa shape index (κ2) is 6.61. The van der Waals surface area contributed by atoms with Crippen LogP contribution in [0.5, 0.6) is 0 Å². The van der Waals surface area contributed by atoms with Gasteiger partial charge in [-0.05, 0) is 0 Å². The molecule has 0 radical (unpaired) electrons. The Labute approximate surface area is 127 Å². The first-order chi connectivity index (χ1) is 3.71. The Kier molecular flexibility index (Phi) is 11.3. The fraction of sp³-hybridized carbons (Fsp3) is 0. The van der Waals surface area contributed by atoms with Gasteiger partial charge in [0.2, 0.25) is 0 Å². The quantitative estimate of drug-likeness (QED) is 0.372. The van der Waals surface area contributed by atoms with Crippen LogP contribution in [0.15, 0.2) is 0 Å². The molecule has 0 atom stereocenters. The molecule has 0 amide bonds. The van der Waals surface area contributed by atoms with E-state index in [0.717, 1.165) is 0 Å². The van der Waals surface area contributed by atoms with Crippen LogP contribution in [-0.2, 0) is 24.4 Å². The van der Waals surface area contributed by atoms with E-state index in [1.165, 1.54) is 0 Å². The molecular weight excluding hydrogens is 240 g/mol. The zero-order valence-electron chi connectivity index (χ0n) is 8.46. The van der Waals surface area contributed by atoms with Gasteiger partial charge in [0.1, 0.15) is 0 Å². The standard InChI is InChI=1S/K.Mg.H2O7S2.3H/c;;1-8(2,3)7-9(4,5)6;;;/h;;(H,1,2,3)(H,4,5,6);;;/q+1;+2;;3*-1. The van der Waals surface area contributed by atoms with Gasteiger partial charge in [0.25, 0.3) is 0 Å². The Balaban J connectivity index is -0.0000000320. The van der Waals surface area contributed by atoms with E-state index in [1.54, 1.807) is 0 Å². The molecule has 2 N–H and O–H groups in total. The molecule has 11 heavy (non-hydrogen) atoms. The summed E-state index contributed by atoms with van der Waals surface area (Å²) in [5, 5.41) is 0. The van der Waals surface area contributed by atoms with E-state index >= 15 is 0 Å². The Hall–Kier alpha value is 2.18. The second-order valence-electron chi connectivity index (χ2n) is 0.924. The Morgan fingerprint density at radius 2 is 1.18 bits per heavy atom. The summed E-state index contributed by atoms with van der Waals surface area (Å²) in [7, 11) is -10.2. The smallest absolute Gasteiger partial charge is 1.00 e. The zero-order valence-corrected chi connectivity index (χ0v) is 11.6. The van der Waals surface area contributed by atoms with E-state index in [4.69, 9.17) is 9.11 Å². The number of hydrogen-bond donors (Lipinski definition) is 2. The van der Waals surface area contributed by atoms with Crippen molar-refractivity contribution in [3.05, 3.63) is 0 Å². The monoisotopic (exact) mass is 244 g/mol. The minimum Gasteiger partial charge on any atom is -1.00 e. The van der Waals surface area contributed by atoms with E-state index in [-0.39, 0.29) is 78.7 Å². The molecule has 0 unspecified atom stereocenters. The van der Waals surface area contributed by atoms with Crippen molar-refractivity contribution in [1.82, 2.24) is 0 Å². The van der Waals surface area contributed by atoms with Crippen LogP contribution in [0.4, 0.5) is 0 Å². The minimum absolute atomic E-state index is 0. The Morgan fingerprint density at radius 3 is 1.18 bits per heavy atom. The molecule has 0 aromatic rings. The van der Waals surface area contributed by atoms with Crippen molar-refractivity contribution in [3.63, 3.8) is 0 Å². The topological polar surface area (TPSA) is 118 Å². The third-order valence-electron chi connectivity index (χ3n) is 0.172. The van der Waals surface area contributed by atoms with Crippen molar-refractivity contribution in [2.24, 2.45) is 0 Å². The predicted molar refractivity (Wildman–Crippen MR) is 33.3 cm³/mol. The Bertz CT molecular complexity index is 252. The molecule has 0 bridgehead atoms. The van der Waals surface area contributed by atoms with Gasteiger partial charge in [0.15, 0.2) is 0 Å². The fourth-order valence-corrected chi connectivity index (χ4v) is 0.978. The minimum atomic E-state index is -5.12. The third-order valence-corrected chi connectivity index (χ3v) is 1.55. The van der Waals surface area contributed by atoms with Gasteiger partial charge in [0.05, 0.1) is 0 Å². The molecule has 7 nitrogen and oxygen atoms in total. The number of hydrogen-bond acceptors (Lipinski definition) is 5. The first-order valence-electron chi connectivity index (χ1n) is 1.37. The van der Waals surface area contributed by atoms with Crippen LogP contribution in [0.1, 0.15) is 4.28 Å². The summed E-state index contributed by atoms with van der Waals surface area (Å²) in [6.45, 7) is 0. The van der Waals surface area contributed by atoms with Gasteiger partial charge in [-0.1, -0.05) is 0 Å². The van der Waals surface area contributed by atoms with E-state index in [0.29, 0.717) is 0 Å². The first kappa shape index (κ1) is 18.9. The van der Waals surface area contributed by atoms with Crippen molar-refractivity contribution in [3.8, 4) is 0 Å². The number of rotatable bonds is 2. The van der Waals surface area contributed by atoms with Crippen molar-refractivity contribution >= 4 is 43.9 Å². The van der Waals surface area contributed by atoms with E-state index in [2.05, 4.69) is 3.63 Å². The zero-order chi connectivity index (χ0) is 7.71. The summed E-state index contributed by atoms with van der Waals surface area (Å²) >= 11 is 0. The summed E-state index contributed by atoms with van der Waals surface area (Å²) in [6, 6.07) is 0. The summed E-state index contributed by atoms with van der Waals surface area (Å²) in [5.41, 5.74) is 0. The van der Waals surface area contributed by atoms with Crippen LogP contribution in [-0.4, -0.2) is 49.0 Å². The van der Waals surface area contributed by atoms with Gasteiger partial charge >= 0.3 is 95.2 Å². The molecule has 0 aliphatic heterocycles. The maximum Gasteiger partial charge on any atom is 2.00 e. The maximum absolute atomic E-state index is 9.44. The SMILES string of the molecule is O=S(=O)(O)OS(=O)(=O)O.[H-].[H-].[H-].[K+].[Mg+2]. The van der Waals surface area contributed by atoms with Crippen LogP contribution in [0.3, 0.4) is 0 Å². The van der Waals surface area contributed by atoms with Crippen LogP contribution in [0.25, 0.3) is 0 Å². The molecule has 0 aromatic heterocycles. The molecule has 0 rings (SSSR count).